The fourth-order valence-electron chi connectivity index (χ4n) is 1.13. The molecule has 2 heteroatoms. The van der Waals surface area contributed by atoms with Crippen molar-refractivity contribution in [2.75, 3.05) is 5.33 Å². The lowest BCUT2D eigenvalue weighted by atomic mass is 10.0. The largest absolute Gasteiger partial charge is 0.0880 e. The summed E-state index contributed by atoms with van der Waals surface area (Å²) in [4.78, 5) is 0. The molecule has 1 aromatic rings. The van der Waals surface area contributed by atoms with E-state index in [1.54, 1.807) is 0 Å². The van der Waals surface area contributed by atoms with Gasteiger partial charge in [0.1, 0.15) is 0 Å². The number of hydrogen-bond acceptors (Lipinski definition) is 0. The summed E-state index contributed by atoms with van der Waals surface area (Å²) in [6.45, 7) is 4.39. The molecule has 1 rings (SSSR count). The fraction of sp³-hybridized carbons (Fsp3) is 0.333. The molecule has 14 heavy (non-hydrogen) atoms. The van der Waals surface area contributed by atoms with Crippen LogP contribution in [0, 0.1) is 5.92 Å². The van der Waals surface area contributed by atoms with E-state index in [1.807, 2.05) is 24.3 Å². The highest BCUT2D eigenvalue weighted by atomic mass is 79.9. The van der Waals surface area contributed by atoms with E-state index in [2.05, 4.69) is 35.9 Å². The molecular formula is C12H14BrCl. The first-order chi connectivity index (χ1) is 6.63. The van der Waals surface area contributed by atoms with Gasteiger partial charge < -0.3 is 0 Å². The number of allylic oxidation sites excluding steroid dienone is 1. The van der Waals surface area contributed by atoms with Gasteiger partial charge in [-0.05, 0) is 23.6 Å². The molecule has 0 radical (unpaired) electrons. The second-order valence-corrected chi connectivity index (χ2v) is 4.56. The van der Waals surface area contributed by atoms with Crippen LogP contribution in [0.15, 0.2) is 29.8 Å². The molecular weight excluding hydrogens is 259 g/mol. The number of halogens is 2. The third-order valence-electron chi connectivity index (χ3n) is 2.12. The quantitative estimate of drug-likeness (QED) is 0.696. The van der Waals surface area contributed by atoms with Crippen molar-refractivity contribution >= 4 is 33.6 Å². The van der Waals surface area contributed by atoms with Gasteiger partial charge in [0, 0.05) is 10.4 Å². The van der Waals surface area contributed by atoms with E-state index in [-0.39, 0.29) is 0 Å². The van der Waals surface area contributed by atoms with E-state index < -0.39 is 0 Å². The molecule has 0 aromatic heterocycles. The van der Waals surface area contributed by atoms with Crippen molar-refractivity contribution in [2.45, 2.75) is 13.8 Å². The Kier molecular flexibility index (Phi) is 4.70. The Morgan fingerprint density at radius 3 is 2.36 bits per heavy atom. The van der Waals surface area contributed by atoms with Gasteiger partial charge in [0.05, 0.1) is 0 Å². The Morgan fingerprint density at radius 2 is 1.93 bits per heavy atom. The van der Waals surface area contributed by atoms with Crippen LogP contribution in [0.25, 0.3) is 6.08 Å². The summed E-state index contributed by atoms with van der Waals surface area (Å²) in [6.07, 6.45) is 2.20. The van der Waals surface area contributed by atoms with Gasteiger partial charge in [0.15, 0.2) is 0 Å². The molecule has 0 N–H and O–H groups in total. The van der Waals surface area contributed by atoms with Crippen molar-refractivity contribution in [3.63, 3.8) is 0 Å². The van der Waals surface area contributed by atoms with Gasteiger partial charge in [-0.1, -0.05) is 65.2 Å². The van der Waals surface area contributed by atoms with Gasteiger partial charge in [0.25, 0.3) is 0 Å². The predicted molar refractivity (Wildman–Crippen MR) is 68.1 cm³/mol. The van der Waals surface area contributed by atoms with Gasteiger partial charge in [-0.25, -0.2) is 0 Å². The lowest BCUT2D eigenvalue weighted by Crippen LogP contribution is -1.94. The summed E-state index contributed by atoms with van der Waals surface area (Å²) < 4.78 is 0. The molecule has 0 aliphatic rings. The van der Waals surface area contributed by atoms with Crippen LogP contribution < -0.4 is 0 Å². The fourth-order valence-corrected chi connectivity index (χ4v) is 2.07. The van der Waals surface area contributed by atoms with Crippen LogP contribution in [0.1, 0.15) is 19.4 Å². The molecule has 0 saturated carbocycles. The molecule has 0 aliphatic carbocycles. The molecule has 0 unspecified atom stereocenters. The summed E-state index contributed by atoms with van der Waals surface area (Å²) in [5.74, 6) is 0.574. The van der Waals surface area contributed by atoms with E-state index >= 15 is 0 Å². The average molecular weight is 274 g/mol. The molecule has 0 nitrogen and oxygen atoms in total. The number of hydrogen-bond donors (Lipinski definition) is 0. The number of benzene rings is 1. The highest BCUT2D eigenvalue weighted by Crippen LogP contribution is 2.18. The van der Waals surface area contributed by atoms with E-state index in [9.17, 15) is 0 Å². The minimum absolute atomic E-state index is 0.574. The Hall–Kier alpha value is -0.270. The zero-order chi connectivity index (χ0) is 10.6. The third-order valence-corrected chi connectivity index (χ3v) is 3.02. The number of alkyl halides is 1. The van der Waals surface area contributed by atoms with Gasteiger partial charge in [-0.3, -0.25) is 0 Å². The van der Waals surface area contributed by atoms with Crippen molar-refractivity contribution in [2.24, 2.45) is 5.92 Å². The summed E-state index contributed by atoms with van der Waals surface area (Å²) in [7, 11) is 0. The van der Waals surface area contributed by atoms with Crippen molar-refractivity contribution in [1.82, 2.24) is 0 Å². The Labute approximate surface area is 99.1 Å². The molecule has 0 amide bonds. The third kappa shape index (κ3) is 3.47. The summed E-state index contributed by atoms with van der Waals surface area (Å²) in [6, 6.07) is 7.90. The second kappa shape index (κ2) is 5.57. The van der Waals surface area contributed by atoms with E-state index in [0.717, 1.165) is 10.4 Å². The lowest BCUT2D eigenvalue weighted by molar-refractivity contribution is 0.781. The van der Waals surface area contributed by atoms with E-state index in [1.165, 1.54) is 11.1 Å². The highest BCUT2D eigenvalue weighted by Gasteiger charge is 2.01. The first-order valence-corrected chi connectivity index (χ1v) is 6.15. The maximum absolute atomic E-state index is 5.81. The van der Waals surface area contributed by atoms with Crippen LogP contribution >= 0.6 is 27.5 Å². The smallest absolute Gasteiger partial charge is 0.0406 e. The van der Waals surface area contributed by atoms with Crippen LogP contribution in [0.4, 0.5) is 0 Å². The second-order valence-electron chi connectivity index (χ2n) is 3.56. The monoisotopic (exact) mass is 272 g/mol. The van der Waals surface area contributed by atoms with E-state index in [4.69, 9.17) is 11.6 Å². The van der Waals surface area contributed by atoms with Crippen molar-refractivity contribution in [3.05, 3.63) is 40.4 Å². The topological polar surface area (TPSA) is 0 Å². The molecule has 0 saturated heterocycles. The molecule has 0 atom stereocenters. The molecule has 0 bridgehead atoms. The van der Waals surface area contributed by atoms with Crippen molar-refractivity contribution < 1.29 is 0 Å². The van der Waals surface area contributed by atoms with Crippen LogP contribution in [0.2, 0.25) is 5.02 Å². The summed E-state index contributed by atoms with van der Waals surface area (Å²) in [5, 5.41) is 1.71. The Bertz CT molecular complexity index is 312. The standard InChI is InChI=1S/C12H14BrCl/c1-9(2)11(8-13)7-10-3-5-12(14)6-4-10/h3-7,9H,8H2,1-2H3. The molecule has 0 heterocycles. The minimum atomic E-state index is 0.574. The van der Waals surface area contributed by atoms with Crippen molar-refractivity contribution in [1.29, 1.82) is 0 Å². The molecule has 0 spiro atoms. The van der Waals surface area contributed by atoms with Crippen molar-refractivity contribution in [3.8, 4) is 0 Å². The molecule has 0 aliphatic heterocycles. The van der Waals surface area contributed by atoms with Gasteiger partial charge in [-0.15, -0.1) is 0 Å². The van der Waals surface area contributed by atoms with Gasteiger partial charge >= 0.3 is 0 Å². The van der Waals surface area contributed by atoms with Gasteiger partial charge in [-0.2, -0.15) is 0 Å². The molecule has 1 aromatic carbocycles. The van der Waals surface area contributed by atoms with Crippen LogP contribution in [0.5, 0.6) is 0 Å². The highest BCUT2D eigenvalue weighted by molar-refractivity contribution is 9.09. The summed E-state index contributed by atoms with van der Waals surface area (Å²) in [5.41, 5.74) is 2.60. The Balaban J connectivity index is 2.89. The lowest BCUT2D eigenvalue weighted by Gasteiger charge is -2.07. The van der Waals surface area contributed by atoms with Crippen LogP contribution in [0.3, 0.4) is 0 Å². The van der Waals surface area contributed by atoms with Crippen LogP contribution in [-0.4, -0.2) is 5.33 Å². The Morgan fingerprint density at radius 1 is 1.36 bits per heavy atom. The molecule has 76 valence electrons. The minimum Gasteiger partial charge on any atom is -0.0880 e. The predicted octanol–water partition coefficient (Wildman–Crippen LogP) is 4.77. The first kappa shape index (κ1) is 11.8. The molecule has 0 fully saturated rings. The number of rotatable bonds is 3. The average Bonchev–Trinajstić information content (AvgIpc) is 2.16. The normalized spacial score (nSPS) is 12.2. The van der Waals surface area contributed by atoms with E-state index in [0.29, 0.717) is 5.92 Å². The maximum atomic E-state index is 5.81. The van der Waals surface area contributed by atoms with Crippen LogP contribution in [-0.2, 0) is 0 Å². The SMILES string of the molecule is CC(C)C(=Cc1ccc(Cl)cc1)CBr. The zero-order valence-electron chi connectivity index (χ0n) is 8.43. The maximum Gasteiger partial charge on any atom is 0.0406 e. The summed E-state index contributed by atoms with van der Waals surface area (Å²) >= 11 is 9.31. The first-order valence-electron chi connectivity index (χ1n) is 4.65. The van der Waals surface area contributed by atoms with Gasteiger partial charge in [0.2, 0.25) is 0 Å². The zero-order valence-corrected chi connectivity index (χ0v) is 10.8.